The molecule has 1 fully saturated rings. The molecule has 3 heterocycles. The summed E-state index contributed by atoms with van der Waals surface area (Å²) in [5, 5.41) is 3.92. The maximum atomic E-state index is 11.5. The quantitative estimate of drug-likeness (QED) is 0.852. The minimum atomic E-state index is -3.11. The average molecular weight is 297 g/mol. The molecule has 1 aliphatic rings. The molecule has 1 saturated heterocycles. The largest absolute Gasteiger partial charge is 0.472 e. The molecule has 0 saturated carbocycles. The van der Waals surface area contributed by atoms with E-state index in [1.807, 2.05) is 0 Å². The Morgan fingerprint density at radius 3 is 2.70 bits per heavy atom. The zero-order valence-corrected chi connectivity index (χ0v) is 11.8. The molecule has 0 amide bonds. The molecule has 108 valence electrons. The van der Waals surface area contributed by atoms with Crippen molar-refractivity contribution in [3.05, 3.63) is 24.5 Å². The third kappa shape index (κ3) is 2.61. The molecule has 0 aliphatic carbocycles. The second kappa shape index (κ2) is 5.02. The summed E-state index contributed by atoms with van der Waals surface area (Å²) in [5.41, 5.74) is 0.772. The van der Waals surface area contributed by atoms with E-state index in [1.54, 1.807) is 18.6 Å². The smallest absolute Gasteiger partial charge is 0.230 e. The molecule has 8 heteroatoms. The molecule has 7 nitrogen and oxygen atoms in total. The fourth-order valence-corrected chi connectivity index (χ4v) is 3.22. The molecule has 0 bridgehead atoms. The van der Waals surface area contributed by atoms with E-state index in [9.17, 15) is 8.42 Å². The lowest BCUT2D eigenvalue weighted by Gasteiger charge is -2.28. The highest BCUT2D eigenvalue weighted by Gasteiger charge is 2.29. The lowest BCUT2D eigenvalue weighted by molar-refractivity contribution is 0.271. The molecule has 3 rings (SSSR count). The second-order valence-electron chi connectivity index (χ2n) is 4.90. The van der Waals surface area contributed by atoms with E-state index in [0.29, 0.717) is 37.6 Å². The SMILES string of the molecule is CS(=O)(=O)N1CCC(c2nc(-c3ccoc3)no2)CC1. The first-order valence-electron chi connectivity index (χ1n) is 6.35. The van der Waals surface area contributed by atoms with Crippen molar-refractivity contribution < 1.29 is 17.4 Å². The van der Waals surface area contributed by atoms with Gasteiger partial charge in [-0.15, -0.1) is 0 Å². The minimum absolute atomic E-state index is 0.112. The highest BCUT2D eigenvalue weighted by molar-refractivity contribution is 7.88. The normalized spacial score (nSPS) is 18.4. The number of nitrogens with zero attached hydrogens (tertiary/aromatic N) is 3. The topological polar surface area (TPSA) is 89.4 Å². The van der Waals surface area contributed by atoms with Crippen molar-refractivity contribution >= 4 is 10.0 Å². The van der Waals surface area contributed by atoms with Crippen LogP contribution in [0.15, 0.2) is 27.5 Å². The summed E-state index contributed by atoms with van der Waals surface area (Å²) in [6.45, 7) is 0.986. The van der Waals surface area contributed by atoms with Gasteiger partial charge in [0.05, 0.1) is 18.1 Å². The minimum Gasteiger partial charge on any atom is -0.472 e. The Kier molecular flexibility index (Phi) is 3.35. The number of rotatable bonds is 3. The Bertz CT molecular complexity index is 669. The van der Waals surface area contributed by atoms with E-state index < -0.39 is 10.0 Å². The molecule has 20 heavy (non-hydrogen) atoms. The van der Waals surface area contributed by atoms with Gasteiger partial charge in [0.1, 0.15) is 6.26 Å². The van der Waals surface area contributed by atoms with Gasteiger partial charge in [0, 0.05) is 19.0 Å². The standard InChI is InChI=1S/C12H15N3O4S/c1-20(16,17)15-5-2-9(3-6-15)12-13-11(14-19-12)10-4-7-18-8-10/h4,7-9H,2-3,5-6H2,1H3. The van der Waals surface area contributed by atoms with Crippen LogP contribution in [0, 0.1) is 0 Å². The van der Waals surface area contributed by atoms with E-state index in [1.165, 1.54) is 10.6 Å². The van der Waals surface area contributed by atoms with Crippen molar-refractivity contribution in [2.75, 3.05) is 19.3 Å². The van der Waals surface area contributed by atoms with Crippen molar-refractivity contribution in [2.45, 2.75) is 18.8 Å². The summed E-state index contributed by atoms with van der Waals surface area (Å²) >= 11 is 0. The van der Waals surface area contributed by atoms with Crippen LogP contribution in [-0.4, -0.2) is 42.2 Å². The van der Waals surface area contributed by atoms with E-state index >= 15 is 0 Å². The molecule has 0 unspecified atom stereocenters. The van der Waals surface area contributed by atoms with Gasteiger partial charge in [0.2, 0.25) is 21.7 Å². The number of furan rings is 1. The van der Waals surface area contributed by atoms with Crippen LogP contribution >= 0.6 is 0 Å². The lowest BCUT2D eigenvalue weighted by atomic mass is 9.98. The monoisotopic (exact) mass is 297 g/mol. The fourth-order valence-electron chi connectivity index (χ4n) is 2.34. The van der Waals surface area contributed by atoms with Gasteiger partial charge in [-0.25, -0.2) is 12.7 Å². The first kappa shape index (κ1) is 13.3. The molecule has 0 aromatic carbocycles. The van der Waals surface area contributed by atoms with E-state index in [-0.39, 0.29) is 5.92 Å². The van der Waals surface area contributed by atoms with E-state index in [2.05, 4.69) is 10.1 Å². The second-order valence-corrected chi connectivity index (χ2v) is 6.89. The van der Waals surface area contributed by atoms with Crippen LogP contribution in [-0.2, 0) is 10.0 Å². The Labute approximate surface area is 116 Å². The van der Waals surface area contributed by atoms with Gasteiger partial charge >= 0.3 is 0 Å². The number of sulfonamides is 1. The molecule has 1 aliphatic heterocycles. The Balaban J connectivity index is 1.70. The predicted octanol–water partition coefficient (Wildman–Crippen LogP) is 1.47. The van der Waals surface area contributed by atoms with Crippen molar-refractivity contribution in [1.82, 2.24) is 14.4 Å². The lowest BCUT2D eigenvalue weighted by Crippen LogP contribution is -2.37. The van der Waals surface area contributed by atoms with Crippen LogP contribution in [0.25, 0.3) is 11.4 Å². The fraction of sp³-hybridized carbons (Fsp3) is 0.500. The van der Waals surface area contributed by atoms with Gasteiger partial charge < -0.3 is 8.94 Å². The number of hydrogen-bond donors (Lipinski definition) is 0. The number of piperidine rings is 1. The molecule has 0 atom stereocenters. The molecule has 0 N–H and O–H groups in total. The van der Waals surface area contributed by atoms with Crippen LogP contribution in [0.5, 0.6) is 0 Å². The highest BCUT2D eigenvalue weighted by Crippen LogP contribution is 2.29. The first-order chi connectivity index (χ1) is 9.54. The summed E-state index contributed by atoms with van der Waals surface area (Å²) < 4.78 is 34.6. The van der Waals surface area contributed by atoms with Crippen LogP contribution in [0.2, 0.25) is 0 Å². The summed E-state index contributed by atoms with van der Waals surface area (Å²) in [7, 11) is -3.11. The molecule has 0 radical (unpaired) electrons. The summed E-state index contributed by atoms with van der Waals surface area (Å²) in [6, 6.07) is 1.76. The van der Waals surface area contributed by atoms with Crippen LogP contribution in [0.1, 0.15) is 24.7 Å². The van der Waals surface area contributed by atoms with Crippen molar-refractivity contribution in [3.8, 4) is 11.4 Å². The molecule has 2 aromatic rings. The zero-order chi connectivity index (χ0) is 14.2. The van der Waals surface area contributed by atoms with Crippen LogP contribution in [0.4, 0.5) is 0 Å². The van der Waals surface area contributed by atoms with Crippen molar-refractivity contribution in [3.63, 3.8) is 0 Å². The summed E-state index contributed by atoms with van der Waals surface area (Å²) in [4.78, 5) is 4.36. The maximum absolute atomic E-state index is 11.5. The Hall–Kier alpha value is -1.67. The third-order valence-corrected chi connectivity index (χ3v) is 4.80. The molecular formula is C12H15N3O4S. The molecular weight excluding hydrogens is 282 g/mol. The van der Waals surface area contributed by atoms with Crippen molar-refractivity contribution in [1.29, 1.82) is 0 Å². The van der Waals surface area contributed by atoms with Gasteiger partial charge in [-0.05, 0) is 18.9 Å². The Morgan fingerprint density at radius 2 is 2.10 bits per heavy atom. The van der Waals surface area contributed by atoms with Gasteiger partial charge in [0.25, 0.3) is 0 Å². The van der Waals surface area contributed by atoms with Crippen molar-refractivity contribution in [2.24, 2.45) is 0 Å². The Morgan fingerprint density at radius 1 is 1.35 bits per heavy atom. The van der Waals surface area contributed by atoms with E-state index in [0.717, 1.165) is 5.56 Å². The number of aromatic nitrogens is 2. The summed E-state index contributed by atoms with van der Waals surface area (Å²) in [5.74, 6) is 1.18. The average Bonchev–Trinajstić information content (AvgIpc) is 3.09. The number of hydrogen-bond acceptors (Lipinski definition) is 6. The predicted molar refractivity (Wildman–Crippen MR) is 70.4 cm³/mol. The third-order valence-electron chi connectivity index (χ3n) is 3.49. The molecule has 2 aromatic heterocycles. The van der Waals surface area contributed by atoms with Crippen LogP contribution < -0.4 is 0 Å². The van der Waals surface area contributed by atoms with Gasteiger partial charge in [-0.1, -0.05) is 5.16 Å². The first-order valence-corrected chi connectivity index (χ1v) is 8.20. The van der Waals surface area contributed by atoms with Gasteiger partial charge in [-0.2, -0.15) is 4.98 Å². The van der Waals surface area contributed by atoms with E-state index in [4.69, 9.17) is 8.94 Å². The van der Waals surface area contributed by atoms with Gasteiger partial charge in [0.15, 0.2) is 0 Å². The zero-order valence-electron chi connectivity index (χ0n) is 11.0. The maximum Gasteiger partial charge on any atom is 0.230 e. The summed E-state index contributed by atoms with van der Waals surface area (Å²) in [6.07, 6.45) is 5.73. The molecule has 0 spiro atoms. The highest BCUT2D eigenvalue weighted by atomic mass is 32.2. The van der Waals surface area contributed by atoms with Gasteiger partial charge in [-0.3, -0.25) is 0 Å². The van der Waals surface area contributed by atoms with Crippen LogP contribution in [0.3, 0.4) is 0 Å².